The summed E-state index contributed by atoms with van der Waals surface area (Å²) >= 11 is 0. The predicted octanol–water partition coefficient (Wildman–Crippen LogP) is 0.698. The number of hydrogen-bond donors (Lipinski definition) is 3. The summed E-state index contributed by atoms with van der Waals surface area (Å²) in [5.74, 6) is 7.32. The maximum atomic E-state index is 5.41. The number of aryl methyl sites for hydroxylation is 1. The Bertz CT molecular complexity index is 751. The van der Waals surface area contributed by atoms with Crippen LogP contribution in [0.25, 0.3) is 10.9 Å². The van der Waals surface area contributed by atoms with Crippen molar-refractivity contribution in [2.75, 3.05) is 17.3 Å². The molecular weight excluding hydrogens is 268 g/mol. The Hall–Kier alpha value is -2.74. The summed E-state index contributed by atoms with van der Waals surface area (Å²) in [6.07, 6.45) is 2.40. The molecule has 0 aliphatic rings. The average Bonchev–Trinajstić information content (AvgIpc) is 2.92. The van der Waals surface area contributed by atoms with Gasteiger partial charge in [0.15, 0.2) is 5.82 Å². The lowest BCUT2D eigenvalue weighted by Gasteiger charge is -2.09. The third-order valence-electron chi connectivity index (χ3n) is 3.02. The normalized spacial score (nSPS) is 10.8. The van der Waals surface area contributed by atoms with E-state index in [1.54, 1.807) is 11.0 Å². The van der Waals surface area contributed by atoms with E-state index >= 15 is 0 Å². The Labute approximate surface area is 121 Å². The first-order chi connectivity index (χ1) is 10.3. The number of aromatic nitrogens is 5. The number of nitrogens with two attached hydrogens (primary N) is 1. The zero-order valence-corrected chi connectivity index (χ0v) is 11.6. The highest BCUT2D eigenvalue weighted by Crippen LogP contribution is 2.21. The van der Waals surface area contributed by atoms with Gasteiger partial charge in [0, 0.05) is 25.4 Å². The number of benzene rings is 1. The molecule has 4 N–H and O–H groups in total. The molecule has 0 saturated carbocycles. The van der Waals surface area contributed by atoms with Crippen LogP contribution in [0.1, 0.15) is 5.82 Å². The number of nitrogens with zero attached hydrogens (tertiary/aromatic N) is 5. The van der Waals surface area contributed by atoms with Gasteiger partial charge < -0.3 is 5.32 Å². The van der Waals surface area contributed by atoms with Gasteiger partial charge in [-0.15, -0.1) is 0 Å². The first-order valence-electron chi connectivity index (χ1n) is 6.58. The number of hydrogen-bond acceptors (Lipinski definition) is 7. The Morgan fingerprint density at radius 3 is 2.86 bits per heavy atom. The predicted molar refractivity (Wildman–Crippen MR) is 80.5 cm³/mol. The van der Waals surface area contributed by atoms with Crippen molar-refractivity contribution in [3.63, 3.8) is 0 Å². The maximum Gasteiger partial charge on any atom is 0.239 e. The lowest BCUT2D eigenvalue weighted by molar-refractivity contribution is 0.742. The topological polar surface area (TPSA) is 107 Å². The molecule has 1 aromatic carbocycles. The maximum absolute atomic E-state index is 5.41. The quantitative estimate of drug-likeness (QED) is 0.467. The van der Waals surface area contributed by atoms with Crippen molar-refractivity contribution < 1.29 is 0 Å². The molecule has 8 heteroatoms. The van der Waals surface area contributed by atoms with E-state index in [9.17, 15) is 0 Å². The molecule has 0 bridgehead atoms. The molecule has 108 valence electrons. The van der Waals surface area contributed by atoms with Gasteiger partial charge in [0.25, 0.3) is 0 Å². The van der Waals surface area contributed by atoms with Crippen LogP contribution < -0.4 is 16.6 Å². The Morgan fingerprint density at radius 1 is 1.24 bits per heavy atom. The van der Waals surface area contributed by atoms with Crippen LogP contribution in [0.4, 0.5) is 11.8 Å². The number of nitrogens with one attached hydrogen (secondary N) is 2. The molecule has 0 radical (unpaired) electrons. The fraction of sp³-hybridized carbons (Fsp3) is 0.231. The minimum atomic E-state index is 0.382. The van der Waals surface area contributed by atoms with Crippen molar-refractivity contribution in [3.8, 4) is 0 Å². The molecule has 0 atom stereocenters. The fourth-order valence-electron chi connectivity index (χ4n) is 2.07. The van der Waals surface area contributed by atoms with Gasteiger partial charge >= 0.3 is 0 Å². The van der Waals surface area contributed by atoms with Gasteiger partial charge in [-0.3, -0.25) is 10.1 Å². The van der Waals surface area contributed by atoms with Crippen LogP contribution in [-0.4, -0.2) is 31.3 Å². The van der Waals surface area contributed by atoms with Gasteiger partial charge in [0.1, 0.15) is 12.1 Å². The van der Waals surface area contributed by atoms with Gasteiger partial charge in [-0.25, -0.2) is 15.8 Å². The van der Waals surface area contributed by atoms with Crippen LogP contribution in [0.2, 0.25) is 0 Å². The molecule has 3 rings (SSSR count). The zero-order valence-electron chi connectivity index (χ0n) is 11.6. The van der Waals surface area contributed by atoms with Gasteiger partial charge in [0.05, 0.1) is 5.52 Å². The molecule has 2 aromatic heterocycles. The Morgan fingerprint density at radius 2 is 2.10 bits per heavy atom. The van der Waals surface area contributed by atoms with E-state index in [4.69, 9.17) is 5.84 Å². The van der Waals surface area contributed by atoms with E-state index in [1.165, 1.54) is 0 Å². The number of nitrogen functional groups attached to an aromatic ring is 1. The second-order valence-corrected chi connectivity index (χ2v) is 4.57. The van der Waals surface area contributed by atoms with Gasteiger partial charge in [-0.1, -0.05) is 12.1 Å². The lowest BCUT2D eigenvalue weighted by atomic mass is 10.2. The molecule has 0 aliphatic carbocycles. The number of rotatable bonds is 5. The van der Waals surface area contributed by atoms with E-state index < -0.39 is 0 Å². The minimum Gasteiger partial charge on any atom is -0.369 e. The molecule has 0 saturated heterocycles. The highest BCUT2D eigenvalue weighted by molar-refractivity contribution is 5.89. The Balaban J connectivity index is 1.79. The van der Waals surface area contributed by atoms with Crippen LogP contribution in [0.3, 0.4) is 0 Å². The number of para-hydroxylation sites is 1. The van der Waals surface area contributed by atoms with Crippen molar-refractivity contribution in [1.29, 1.82) is 0 Å². The minimum absolute atomic E-state index is 0.382. The van der Waals surface area contributed by atoms with E-state index in [1.807, 2.05) is 31.3 Å². The average molecular weight is 284 g/mol. The van der Waals surface area contributed by atoms with Crippen LogP contribution >= 0.6 is 0 Å². The van der Waals surface area contributed by atoms with Gasteiger partial charge in [0.2, 0.25) is 5.95 Å². The highest BCUT2D eigenvalue weighted by Gasteiger charge is 2.07. The van der Waals surface area contributed by atoms with E-state index in [2.05, 4.69) is 30.8 Å². The van der Waals surface area contributed by atoms with Crippen molar-refractivity contribution in [3.05, 3.63) is 36.4 Å². The molecule has 0 aliphatic heterocycles. The van der Waals surface area contributed by atoms with Crippen LogP contribution in [-0.2, 0) is 13.5 Å². The molecule has 3 aromatic rings. The van der Waals surface area contributed by atoms with Crippen LogP contribution in [0, 0.1) is 0 Å². The monoisotopic (exact) mass is 284 g/mol. The second-order valence-electron chi connectivity index (χ2n) is 4.57. The summed E-state index contributed by atoms with van der Waals surface area (Å²) in [5, 5.41) is 8.47. The van der Waals surface area contributed by atoms with Crippen molar-refractivity contribution >= 4 is 22.7 Å². The molecule has 21 heavy (non-hydrogen) atoms. The van der Waals surface area contributed by atoms with Crippen molar-refractivity contribution in [2.24, 2.45) is 12.9 Å². The molecule has 0 amide bonds. The van der Waals surface area contributed by atoms with Crippen molar-refractivity contribution in [1.82, 2.24) is 24.7 Å². The molecular formula is C13H16N8. The van der Waals surface area contributed by atoms with Gasteiger partial charge in [-0.05, 0) is 12.1 Å². The fourth-order valence-corrected chi connectivity index (χ4v) is 2.07. The highest BCUT2D eigenvalue weighted by atomic mass is 15.3. The number of fused-ring (bicyclic) bond motifs is 1. The number of hydrazine groups is 1. The van der Waals surface area contributed by atoms with Crippen molar-refractivity contribution in [2.45, 2.75) is 6.42 Å². The number of anilines is 2. The lowest BCUT2D eigenvalue weighted by Crippen LogP contribution is -2.13. The van der Waals surface area contributed by atoms with E-state index in [0.717, 1.165) is 22.5 Å². The standard InChI is InChI=1S/C13H16N8/c1-21-8-16-11(20-21)6-7-15-12-9-4-2-3-5-10(9)17-13(18-12)19-14/h2-5,8H,6-7,14H2,1H3,(H2,15,17,18,19). The smallest absolute Gasteiger partial charge is 0.239 e. The summed E-state index contributed by atoms with van der Waals surface area (Å²) in [7, 11) is 1.85. The molecule has 0 spiro atoms. The second kappa shape index (κ2) is 5.71. The summed E-state index contributed by atoms with van der Waals surface area (Å²) in [5.41, 5.74) is 3.31. The largest absolute Gasteiger partial charge is 0.369 e. The molecule has 8 nitrogen and oxygen atoms in total. The third kappa shape index (κ3) is 2.90. The van der Waals surface area contributed by atoms with E-state index in [0.29, 0.717) is 18.9 Å². The molecule has 2 heterocycles. The molecule has 0 fully saturated rings. The summed E-state index contributed by atoms with van der Waals surface area (Å²) in [4.78, 5) is 12.8. The first-order valence-corrected chi connectivity index (χ1v) is 6.58. The van der Waals surface area contributed by atoms with Crippen LogP contribution in [0.5, 0.6) is 0 Å². The van der Waals surface area contributed by atoms with E-state index in [-0.39, 0.29) is 0 Å². The Kier molecular flexibility index (Phi) is 3.61. The SMILES string of the molecule is Cn1cnc(CCNc2nc(NN)nc3ccccc23)n1. The summed E-state index contributed by atoms with van der Waals surface area (Å²) < 4.78 is 1.69. The molecule has 0 unspecified atom stereocenters. The zero-order chi connectivity index (χ0) is 14.7. The summed E-state index contributed by atoms with van der Waals surface area (Å²) in [6, 6.07) is 7.77. The summed E-state index contributed by atoms with van der Waals surface area (Å²) in [6.45, 7) is 0.676. The van der Waals surface area contributed by atoms with Gasteiger partial charge in [-0.2, -0.15) is 10.1 Å². The third-order valence-corrected chi connectivity index (χ3v) is 3.02. The van der Waals surface area contributed by atoms with Crippen LogP contribution in [0.15, 0.2) is 30.6 Å². The first kappa shape index (κ1) is 13.3.